The van der Waals surface area contributed by atoms with Crippen LogP contribution >= 0.6 is 11.6 Å². The Morgan fingerprint density at radius 3 is 2.41 bits per heavy atom. The molecule has 1 N–H and O–H groups in total. The standard InChI is InChI=1S/C28H28ClN3O2/c29-23-14-7-6-13-22(23)19-28(34)30-18-10-2-5-17-27-31-24-15-8-9-16-25(24)32(27)20-26(33)21-11-3-1-4-12-21/h1,3-4,6-9,11-16H,2,5,10,17-20H2,(H,30,34). The SMILES string of the molecule is O=C(Cc1ccccc1Cl)NCCCCCc1nc2ccccc2n1CC(=O)c1ccccc1. The molecule has 4 rings (SSSR count). The topological polar surface area (TPSA) is 64.0 Å². The zero-order valence-electron chi connectivity index (χ0n) is 19.0. The zero-order chi connectivity index (χ0) is 23.8. The van der Waals surface area contributed by atoms with Gasteiger partial charge in [-0.15, -0.1) is 0 Å². The van der Waals surface area contributed by atoms with E-state index >= 15 is 0 Å². The Balaban J connectivity index is 1.29. The summed E-state index contributed by atoms with van der Waals surface area (Å²) in [5, 5.41) is 3.59. The first kappa shape index (κ1) is 23.7. The number of carbonyl (C=O) groups excluding carboxylic acids is 2. The number of hydrogen-bond acceptors (Lipinski definition) is 3. The molecular formula is C28H28ClN3O2. The lowest BCUT2D eigenvalue weighted by Crippen LogP contribution is -2.26. The van der Waals surface area contributed by atoms with Crippen molar-refractivity contribution in [2.45, 2.75) is 38.6 Å². The number of halogens is 1. The van der Waals surface area contributed by atoms with Crippen LogP contribution in [0.4, 0.5) is 0 Å². The van der Waals surface area contributed by atoms with E-state index in [1.165, 1.54) is 0 Å². The van der Waals surface area contributed by atoms with E-state index in [4.69, 9.17) is 16.6 Å². The highest BCUT2D eigenvalue weighted by Gasteiger charge is 2.14. The molecule has 0 spiro atoms. The van der Waals surface area contributed by atoms with Crippen LogP contribution in [-0.2, 0) is 24.2 Å². The Morgan fingerprint density at radius 2 is 1.59 bits per heavy atom. The number of ketones is 1. The minimum Gasteiger partial charge on any atom is -0.356 e. The van der Waals surface area contributed by atoms with Gasteiger partial charge in [-0.2, -0.15) is 0 Å². The minimum absolute atomic E-state index is 0.0192. The molecule has 0 saturated carbocycles. The summed E-state index contributed by atoms with van der Waals surface area (Å²) in [6.45, 7) is 0.907. The number of unbranched alkanes of at least 4 members (excludes halogenated alkanes) is 2. The van der Waals surface area contributed by atoms with E-state index in [2.05, 4.69) is 5.32 Å². The largest absolute Gasteiger partial charge is 0.356 e. The molecule has 6 heteroatoms. The van der Waals surface area contributed by atoms with Crippen molar-refractivity contribution >= 4 is 34.3 Å². The molecule has 1 aromatic heterocycles. The Bertz CT molecular complexity index is 1270. The lowest BCUT2D eigenvalue weighted by molar-refractivity contribution is -0.120. The maximum Gasteiger partial charge on any atom is 0.224 e. The van der Waals surface area contributed by atoms with Crippen LogP contribution in [0.25, 0.3) is 11.0 Å². The van der Waals surface area contributed by atoms with Crippen molar-refractivity contribution in [3.63, 3.8) is 0 Å². The number of fused-ring (bicyclic) bond motifs is 1. The van der Waals surface area contributed by atoms with Gasteiger partial charge in [0.15, 0.2) is 5.78 Å². The van der Waals surface area contributed by atoms with E-state index in [-0.39, 0.29) is 18.2 Å². The summed E-state index contributed by atoms with van der Waals surface area (Å²) in [6, 6.07) is 24.7. The highest BCUT2D eigenvalue weighted by molar-refractivity contribution is 6.31. The number of para-hydroxylation sites is 2. The number of benzene rings is 3. The fourth-order valence-corrected chi connectivity index (χ4v) is 4.24. The molecule has 5 nitrogen and oxygen atoms in total. The Kier molecular flexibility index (Phi) is 8.10. The van der Waals surface area contributed by atoms with Crippen molar-refractivity contribution in [3.05, 3.63) is 101 Å². The molecule has 1 amide bonds. The zero-order valence-corrected chi connectivity index (χ0v) is 19.8. The smallest absolute Gasteiger partial charge is 0.224 e. The number of aromatic nitrogens is 2. The molecule has 0 aliphatic rings. The average molecular weight is 474 g/mol. The van der Waals surface area contributed by atoms with Gasteiger partial charge in [-0.3, -0.25) is 9.59 Å². The van der Waals surface area contributed by atoms with Gasteiger partial charge in [0.1, 0.15) is 5.82 Å². The molecule has 1 heterocycles. The van der Waals surface area contributed by atoms with Crippen molar-refractivity contribution < 1.29 is 9.59 Å². The van der Waals surface area contributed by atoms with Crippen LogP contribution in [-0.4, -0.2) is 27.8 Å². The summed E-state index contributed by atoms with van der Waals surface area (Å²) >= 11 is 6.13. The van der Waals surface area contributed by atoms with Crippen molar-refractivity contribution in [2.75, 3.05) is 6.54 Å². The van der Waals surface area contributed by atoms with Crippen LogP contribution in [0.15, 0.2) is 78.9 Å². The molecule has 0 aliphatic carbocycles. The van der Waals surface area contributed by atoms with Crippen molar-refractivity contribution in [1.29, 1.82) is 0 Å². The summed E-state index contributed by atoms with van der Waals surface area (Å²) in [6.07, 6.45) is 3.85. The maximum atomic E-state index is 12.8. The van der Waals surface area contributed by atoms with Gasteiger partial charge in [-0.05, 0) is 36.6 Å². The first-order chi connectivity index (χ1) is 16.6. The number of imidazole rings is 1. The Morgan fingerprint density at radius 1 is 0.853 bits per heavy atom. The normalized spacial score (nSPS) is 11.0. The molecular weight excluding hydrogens is 446 g/mol. The molecule has 0 unspecified atom stereocenters. The predicted molar refractivity (Wildman–Crippen MR) is 136 cm³/mol. The van der Waals surface area contributed by atoms with Gasteiger partial charge >= 0.3 is 0 Å². The number of nitrogens with one attached hydrogen (secondary N) is 1. The molecule has 0 aliphatic heterocycles. The van der Waals surface area contributed by atoms with E-state index in [1.807, 2.05) is 77.4 Å². The summed E-state index contributed by atoms with van der Waals surface area (Å²) in [5.41, 5.74) is 3.43. The van der Waals surface area contributed by atoms with Gasteiger partial charge in [0, 0.05) is 23.6 Å². The highest BCUT2D eigenvalue weighted by atomic mass is 35.5. The number of amides is 1. The van der Waals surface area contributed by atoms with Gasteiger partial charge in [0.25, 0.3) is 0 Å². The highest BCUT2D eigenvalue weighted by Crippen LogP contribution is 2.19. The molecule has 0 saturated heterocycles. The molecule has 174 valence electrons. The van der Waals surface area contributed by atoms with Crippen LogP contribution in [0, 0.1) is 0 Å². The van der Waals surface area contributed by atoms with Crippen LogP contribution in [0.5, 0.6) is 0 Å². The van der Waals surface area contributed by atoms with Crippen LogP contribution in [0.2, 0.25) is 5.02 Å². The van der Waals surface area contributed by atoms with Gasteiger partial charge in [0.2, 0.25) is 5.91 Å². The van der Waals surface area contributed by atoms with Crippen LogP contribution in [0.1, 0.15) is 41.0 Å². The molecule has 0 atom stereocenters. The molecule has 0 fully saturated rings. The van der Waals surface area contributed by atoms with Crippen molar-refractivity contribution in [3.8, 4) is 0 Å². The quantitative estimate of drug-likeness (QED) is 0.226. The lowest BCUT2D eigenvalue weighted by Gasteiger charge is -2.09. The van der Waals surface area contributed by atoms with E-state index in [9.17, 15) is 9.59 Å². The monoisotopic (exact) mass is 473 g/mol. The third-order valence-electron chi connectivity index (χ3n) is 5.84. The molecule has 34 heavy (non-hydrogen) atoms. The predicted octanol–water partition coefficient (Wildman–Crippen LogP) is 5.64. The van der Waals surface area contributed by atoms with Gasteiger partial charge in [-0.25, -0.2) is 4.98 Å². The van der Waals surface area contributed by atoms with Crippen molar-refractivity contribution in [1.82, 2.24) is 14.9 Å². The first-order valence-electron chi connectivity index (χ1n) is 11.6. The second kappa shape index (κ2) is 11.6. The Labute approximate surface area is 204 Å². The van der Waals surface area contributed by atoms with Crippen molar-refractivity contribution in [2.24, 2.45) is 0 Å². The number of hydrogen-bond donors (Lipinski definition) is 1. The number of carbonyl (C=O) groups is 2. The third-order valence-corrected chi connectivity index (χ3v) is 6.21. The Hall–Kier alpha value is -3.44. The van der Waals surface area contributed by atoms with E-state index in [1.54, 1.807) is 6.07 Å². The second-order valence-corrected chi connectivity index (χ2v) is 8.73. The number of nitrogens with zero attached hydrogens (tertiary/aromatic N) is 2. The lowest BCUT2D eigenvalue weighted by atomic mass is 10.1. The number of Topliss-reactive ketones (excluding diaryl/α,β-unsaturated/α-hetero) is 1. The summed E-state index contributed by atoms with van der Waals surface area (Å²) in [4.78, 5) is 29.8. The molecule has 4 aromatic rings. The number of rotatable bonds is 11. The molecule has 0 radical (unpaired) electrons. The summed E-state index contributed by atoms with van der Waals surface area (Å²) in [7, 11) is 0. The van der Waals surface area contributed by atoms with E-state index < -0.39 is 0 Å². The fourth-order valence-electron chi connectivity index (χ4n) is 4.04. The number of aryl methyl sites for hydroxylation is 1. The summed E-state index contributed by atoms with van der Waals surface area (Å²) in [5.74, 6) is 0.980. The summed E-state index contributed by atoms with van der Waals surface area (Å²) < 4.78 is 2.04. The van der Waals surface area contributed by atoms with Crippen LogP contribution < -0.4 is 5.32 Å². The van der Waals surface area contributed by atoms with Crippen LogP contribution in [0.3, 0.4) is 0 Å². The molecule has 0 bridgehead atoms. The van der Waals surface area contributed by atoms with Gasteiger partial charge < -0.3 is 9.88 Å². The maximum absolute atomic E-state index is 12.8. The fraction of sp³-hybridized carbons (Fsp3) is 0.250. The van der Waals surface area contributed by atoms with Gasteiger partial charge in [-0.1, -0.05) is 78.7 Å². The van der Waals surface area contributed by atoms with E-state index in [0.717, 1.165) is 48.1 Å². The second-order valence-electron chi connectivity index (χ2n) is 8.32. The average Bonchev–Trinajstić information content (AvgIpc) is 3.20. The van der Waals surface area contributed by atoms with E-state index in [0.29, 0.717) is 23.6 Å². The molecule has 3 aromatic carbocycles. The third kappa shape index (κ3) is 6.12. The minimum atomic E-state index is -0.0192. The van der Waals surface area contributed by atoms with Gasteiger partial charge in [0.05, 0.1) is 24.0 Å². The first-order valence-corrected chi connectivity index (χ1v) is 12.0.